The molecule has 3 rings (SSSR count). The number of ether oxygens (including phenoxy) is 1. The second-order valence-corrected chi connectivity index (χ2v) is 4.58. The van der Waals surface area contributed by atoms with E-state index in [1.54, 1.807) is 0 Å². The van der Waals surface area contributed by atoms with Crippen LogP contribution < -0.4 is 10.6 Å². The quantitative estimate of drug-likeness (QED) is 0.824. The molecule has 0 aliphatic carbocycles. The molecule has 0 bridgehead atoms. The summed E-state index contributed by atoms with van der Waals surface area (Å²) in [4.78, 5) is 2.02. The van der Waals surface area contributed by atoms with Gasteiger partial charge in [-0.1, -0.05) is 16.7 Å². The fourth-order valence-corrected chi connectivity index (χ4v) is 2.06. The van der Waals surface area contributed by atoms with Crippen LogP contribution in [0.25, 0.3) is 11.5 Å². The summed E-state index contributed by atoms with van der Waals surface area (Å²) in [6.07, 6.45) is 0. The molecule has 19 heavy (non-hydrogen) atoms. The molecule has 0 spiro atoms. The molecule has 1 fully saturated rings. The average Bonchev–Trinajstić information content (AvgIpc) is 2.92. The molecular formula is C13H16N4O2. The molecule has 1 aromatic carbocycles. The molecule has 2 aromatic rings. The highest BCUT2D eigenvalue weighted by atomic mass is 16.5. The summed E-state index contributed by atoms with van der Waals surface area (Å²) in [5.41, 5.74) is 8.48. The van der Waals surface area contributed by atoms with E-state index in [1.807, 2.05) is 30.0 Å². The molecule has 2 N–H and O–H groups in total. The second-order valence-electron chi connectivity index (χ2n) is 4.58. The van der Waals surface area contributed by atoms with Crippen molar-refractivity contribution in [3.63, 3.8) is 0 Å². The number of rotatable bonds is 2. The Hall–Kier alpha value is -2.08. The lowest BCUT2D eigenvalue weighted by molar-refractivity contribution is 0.120. The van der Waals surface area contributed by atoms with Gasteiger partial charge in [-0.2, -0.15) is 0 Å². The summed E-state index contributed by atoms with van der Waals surface area (Å²) in [5, 5.41) is 8.17. The van der Waals surface area contributed by atoms with Gasteiger partial charge in [0.1, 0.15) is 0 Å². The largest absolute Gasteiger partial charge is 0.403 e. The van der Waals surface area contributed by atoms with E-state index in [0.717, 1.165) is 24.2 Å². The molecule has 1 aliphatic heterocycles. The lowest BCUT2D eigenvalue weighted by atomic mass is 10.1. The molecule has 1 saturated heterocycles. The van der Waals surface area contributed by atoms with Crippen molar-refractivity contribution in [1.82, 2.24) is 10.2 Å². The van der Waals surface area contributed by atoms with E-state index in [9.17, 15) is 0 Å². The molecule has 0 amide bonds. The zero-order valence-corrected chi connectivity index (χ0v) is 10.8. The van der Waals surface area contributed by atoms with Crippen molar-refractivity contribution in [2.75, 3.05) is 36.9 Å². The molecule has 0 unspecified atom stereocenters. The first kappa shape index (κ1) is 12.0. The fourth-order valence-electron chi connectivity index (χ4n) is 2.06. The van der Waals surface area contributed by atoms with Crippen molar-refractivity contribution < 1.29 is 9.15 Å². The third-order valence-electron chi connectivity index (χ3n) is 3.14. The molecule has 0 atom stereocenters. The van der Waals surface area contributed by atoms with Gasteiger partial charge in [-0.25, -0.2) is 0 Å². The van der Waals surface area contributed by atoms with Crippen LogP contribution in [0.4, 0.5) is 11.7 Å². The van der Waals surface area contributed by atoms with Crippen LogP contribution in [0.1, 0.15) is 5.56 Å². The summed E-state index contributed by atoms with van der Waals surface area (Å²) in [5.74, 6) is 0.461. The second kappa shape index (κ2) is 4.89. The van der Waals surface area contributed by atoms with E-state index >= 15 is 0 Å². The molecule has 1 aliphatic rings. The number of aromatic nitrogens is 2. The minimum absolute atomic E-state index is 0.461. The van der Waals surface area contributed by atoms with Crippen LogP contribution in [0.5, 0.6) is 0 Å². The Morgan fingerprint density at radius 3 is 2.79 bits per heavy atom. The summed E-state index contributed by atoms with van der Waals surface area (Å²) >= 11 is 0. The highest BCUT2D eigenvalue weighted by Gasteiger charge is 2.18. The number of nitrogens with zero attached hydrogens (tertiary/aromatic N) is 3. The van der Waals surface area contributed by atoms with Gasteiger partial charge in [0.15, 0.2) is 0 Å². The number of anilines is 2. The average molecular weight is 260 g/mol. The maximum atomic E-state index is 5.95. The Bertz CT molecular complexity index is 576. The molecule has 6 heteroatoms. The van der Waals surface area contributed by atoms with Crippen molar-refractivity contribution in [2.24, 2.45) is 0 Å². The van der Waals surface area contributed by atoms with Gasteiger partial charge < -0.3 is 19.8 Å². The van der Waals surface area contributed by atoms with Crippen molar-refractivity contribution >= 4 is 11.7 Å². The maximum absolute atomic E-state index is 5.95. The lowest BCUT2D eigenvalue weighted by Gasteiger charge is -2.24. The van der Waals surface area contributed by atoms with Crippen LogP contribution in [-0.4, -0.2) is 36.5 Å². The van der Waals surface area contributed by atoms with Crippen molar-refractivity contribution in [1.29, 1.82) is 0 Å². The summed E-state index contributed by atoms with van der Waals surface area (Å²) in [6, 6.07) is 6.28. The van der Waals surface area contributed by atoms with Crippen LogP contribution in [0.2, 0.25) is 0 Å². The zero-order valence-electron chi connectivity index (χ0n) is 10.8. The Kier molecular flexibility index (Phi) is 3.08. The first-order valence-corrected chi connectivity index (χ1v) is 6.27. The number of morpholine rings is 1. The zero-order chi connectivity index (χ0) is 13.2. The van der Waals surface area contributed by atoms with E-state index in [4.69, 9.17) is 14.9 Å². The SMILES string of the molecule is Cc1ccc(N)c(-c2nnc(N3CCOCC3)o2)c1. The van der Waals surface area contributed by atoms with Gasteiger partial charge in [-0.3, -0.25) is 0 Å². The van der Waals surface area contributed by atoms with E-state index < -0.39 is 0 Å². The third-order valence-corrected chi connectivity index (χ3v) is 3.14. The highest BCUT2D eigenvalue weighted by Crippen LogP contribution is 2.28. The Labute approximate surface area is 111 Å². The van der Waals surface area contributed by atoms with Crippen molar-refractivity contribution in [3.8, 4) is 11.5 Å². The molecule has 0 saturated carbocycles. The molecule has 0 radical (unpaired) electrons. The molecule has 2 heterocycles. The minimum atomic E-state index is 0.461. The van der Waals surface area contributed by atoms with Crippen LogP contribution in [-0.2, 0) is 4.74 Å². The Morgan fingerprint density at radius 1 is 1.21 bits per heavy atom. The van der Waals surface area contributed by atoms with Crippen molar-refractivity contribution in [3.05, 3.63) is 23.8 Å². The minimum Gasteiger partial charge on any atom is -0.403 e. The predicted octanol–water partition coefficient (Wildman–Crippen LogP) is 1.46. The molecule has 6 nitrogen and oxygen atoms in total. The van der Waals surface area contributed by atoms with Gasteiger partial charge in [0.05, 0.1) is 18.8 Å². The summed E-state index contributed by atoms with van der Waals surface area (Å²) < 4.78 is 11.0. The maximum Gasteiger partial charge on any atom is 0.318 e. The van der Waals surface area contributed by atoms with Gasteiger partial charge in [0.2, 0.25) is 0 Å². The first-order valence-electron chi connectivity index (χ1n) is 6.27. The van der Waals surface area contributed by atoms with Crippen molar-refractivity contribution in [2.45, 2.75) is 6.92 Å². The van der Waals surface area contributed by atoms with Crippen LogP contribution >= 0.6 is 0 Å². The molecule has 1 aromatic heterocycles. The standard InChI is InChI=1S/C13H16N4O2/c1-9-2-3-11(14)10(8-9)12-15-16-13(19-12)17-4-6-18-7-5-17/h2-3,8H,4-7,14H2,1H3. The molecule has 100 valence electrons. The third kappa shape index (κ3) is 2.39. The number of nitrogens with two attached hydrogens (primary N) is 1. The lowest BCUT2D eigenvalue weighted by Crippen LogP contribution is -2.36. The van der Waals surface area contributed by atoms with Crippen LogP contribution in [0.3, 0.4) is 0 Å². The summed E-state index contributed by atoms with van der Waals surface area (Å²) in [6.45, 7) is 4.91. The number of benzene rings is 1. The Morgan fingerprint density at radius 2 is 2.00 bits per heavy atom. The fraction of sp³-hybridized carbons (Fsp3) is 0.385. The van der Waals surface area contributed by atoms with E-state index in [1.165, 1.54) is 0 Å². The number of hydrogen-bond donors (Lipinski definition) is 1. The van der Waals surface area contributed by atoms with Crippen LogP contribution in [0, 0.1) is 6.92 Å². The normalized spacial score (nSPS) is 15.7. The smallest absolute Gasteiger partial charge is 0.318 e. The van der Waals surface area contributed by atoms with Gasteiger partial charge in [0, 0.05) is 18.8 Å². The predicted molar refractivity (Wildman–Crippen MR) is 71.9 cm³/mol. The van der Waals surface area contributed by atoms with E-state index in [-0.39, 0.29) is 0 Å². The number of aryl methyl sites for hydroxylation is 1. The topological polar surface area (TPSA) is 77.4 Å². The number of hydrogen-bond acceptors (Lipinski definition) is 6. The van der Waals surface area contributed by atoms with E-state index in [0.29, 0.717) is 30.8 Å². The number of nitrogen functional groups attached to an aromatic ring is 1. The Balaban J connectivity index is 1.89. The molecular weight excluding hydrogens is 244 g/mol. The van der Waals surface area contributed by atoms with Gasteiger partial charge >= 0.3 is 6.01 Å². The van der Waals surface area contributed by atoms with E-state index in [2.05, 4.69) is 10.2 Å². The monoisotopic (exact) mass is 260 g/mol. The highest BCUT2D eigenvalue weighted by molar-refractivity contribution is 5.71. The van der Waals surface area contributed by atoms with Gasteiger partial charge in [-0.05, 0) is 19.1 Å². The van der Waals surface area contributed by atoms with Crippen LogP contribution in [0.15, 0.2) is 22.6 Å². The first-order chi connectivity index (χ1) is 9.24. The van der Waals surface area contributed by atoms with Gasteiger partial charge in [-0.15, -0.1) is 5.10 Å². The summed E-state index contributed by atoms with van der Waals surface area (Å²) in [7, 11) is 0. The van der Waals surface area contributed by atoms with Gasteiger partial charge in [0.25, 0.3) is 5.89 Å².